The zero-order valence-corrected chi connectivity index (χ0v) is 12.6. The predicted molar refractivity (Wildman–Crippen MR) is 80.3 cm³/mol. The highest BCUT2D eigenvalue weighted by Crippen LogP contribution is 2.31. The Kier molecular flexibility index (Phi) is 5.34. The summed E-state index contributed by atoms with van der Waals surface area (Å²) in [4.78, 5) is 25.2. The maximum atomic E-state index is 12.5. The van der Waals surface area contributed by atoms with Crippen molar-refractivity contribution in [3.63, 3.8) is 0 Å². The third-order valence-electron chi connectivity index (χ3n) is 3.32. The minimum atomic E-state index is -4.45. The summed E-state index contributed by atoms with van der Waals surface area (Å²) in [7, 11) is 0. The van der Waals surface area contributed by atoms with Gasteiger partial charge in [0.25, 0.3) is 5.91 Å². The summed E-state index contributed by atoms with van der Waals surface area (Å²) in [5.41, 5.74) is 0.397. The van der Waals surface area contributed by atoms with Gasteiger partial charge in [0.05, 0.1) is 12.1 Å². The summed E-state index contributed by atoms with van der Waals surface area (Å²) >= 11 is 0. The van der Waals surface area contributed by atoms with Crippen molar-refractivity contribution in [2.45, 2.75) is 25.1 Å². The maximum Gasteiger partial charge on any atom is 0.391 e. The molecule has 128 valence electrons. The molecular weight excluding hydrogens is 325 g/mol. The Morgan fingerprint density at radius 3 is 2.79 bits per heavy atom. The van der Waals surface area contributed by atoms with E-state index in [1.807, 2.05) is 0 Å². The number of nitrogens with zero attached hydrogens (tertiary/aromatic N) is 1. The highest BCUT2D eigenvalue weighted by atomic mass is 19.4. The Hall–Kier alpha value is -2.69. The number of rotatable bonds is 5. The fourth-order valence-electron chi connectivity index (χ4n) is 2.34. The minimum absolute atomic E-state index is 0.235. The molecule has 8 heteroatoms. The fraction of sp³-hybridized carbons (Fsp3) is 0.375. The second-order valence-corrected chi connectivity index (χ2v) is 5.23. The summed E-state index contributed by atoms with van der Waals surface area (Å²) < 4.78 is 42.7. The van der Waals surface area contributed by atoms with Gasteiger partial charge < -0.3 is 10.1 Å². The van der Waals surface area contributed by atoms with Crippen LogP contribution in [-0.2, 0) is 9.59 Å². The molecule has 24 heavy (non-hydrogen) atoms. The number of alkyl halides is 3. The molecule has 0 radical (unpaired) electrons. The first-order valence-electron chi connectivity index (χ1n) is 7.12. The Balaban J connectivity index is 2.06. The van der Waals surface area contributed by atoms with Crippen LogP contribution in [0.4, 0.5) is 18.9 Å². The monoisotopic (exact) mass is 340 g/mol. The number of fused-ring (bicyclic) bond motifs is 1. The molecule has 1 N–H and O–H groups in total. The molecule has 1 heterocycles. The molecule has 1 aromatic rings. The molecular formula is C16H15F3N2O3. The standard InChI is InChI=1S/C16H15F3N2O3/c1-2-5-11(8-16(17,18)19)20-14(22)9-21-12-6-3-4-7-13(12)24-10-15(21)23/h1,3-4,6-7,11H,5,8-10H2,(H,20,22)/t11-/m1/s1. The van der Waals surface area contributed by atoms with Crippen molar-refractivity contribution < 1.29 is 27.5 Å². The van der Waals surface area contributed by atoms with E-state index in [9.17, 15) is 22.8 Å². The summed E-state index contributed by atoms with van der Waals surface area (Å²) in [6, 6.07) is 5.37. The van der Waals surface area contributed by atoms with Gasteiger partial charge in [-0.2, -0.15) is 13.2 Å². The first-order valence-corrected chi connectivity index (χ1v) is 7.12. The lowest BCUT2D eigenvalue weighted by Gasteiger charge is -2.29. The van der Waals surface area contributed by atoms with Gasteiger partial charge in [-0.25, -0.2) is 0 Å². The second kappa shape index (κ2) is 7.25. The number of hydrogen-bond acceptors (Lipinski definition) is 3. The van der Waals surface area contributed by atoms with Gasteiger partial charge in [0.1, 0.15) is 12.3 Å². The number of carbonyl (C=O) groups is 2. The molecule has 0 bridgehead atoms. The van der Waals surface area contributed by atoms with Crippen LogP contribution < -0.4 is 15.0 Å². The first kappa shape index (κ1) is 17.7. The van der Waals surface area contributed by atoms with Gasteiger partial charge >= 0.3 is 6.18 Å². The van der Waals surface area contributed by atoms with Crippen molar-refractivity contribution in [3.05, 3.63) is 24.3 Å². The summed E-state index contributed by atoms with van der Waals surface area (Å²) in [5, 5.41) is 2.24. The zero-order chi connectivity index (χ0) is 17.7. The van der Waals surface area contributed by atoms with Crippen molar-refractivity contribution in [2.24, 2.45) is 0 Å². The van der Waals surface area contributed by atoms with Gasteiger partial charge in [-0.15, -0.1) is 12.3 Å². The lowest BCUT2D eigenvalue weighted by Crippen LogP contribution is -2.48. The highest BCUT2D eigenvalue weighted by Gasteiger charge is 2.33. The van der Waals surface area contributed by atoms with Gasteiger partial charge in [-0.1, -0.05) is 12.1 Å². The second-order valence-electron chi connectivity index (χ2n) is 5.23. The lowest BCUT2D eigenvalue weighted by molar-refractivity contribution is -0.142. The third-order valence-corrected chi connectivity index (χ3v) is 3.32. The molecule has 1 atom stereocenters. The number of nitrogens with one attached hydrogen (secondary N) is 1. The number of ether oxygens (including phenoxy) is 1. The number of amides is 2. The molecule has 0 aliphatic carbocycles. The quantitative estimate of drug-likeness (QED) is 0.833. The average Bonchev–Trinajstić information content (AvgIpc) is 2.49. The molecule has 0 aromatic heterocycles. The van der Waals surface area contributed by atoms with E-state index >= 15 is 0 Å². The van der Waals surface area contributed by atoms with Crippen LogP contribution in [0.25, 0.3) is 0 Å². The van der Waals surface area contributed by atoms with Crippen LogP contribution in [0.15, 0.2) is 24.3 Å². The van der Waals surface area contributed by atoms with E-state index < -0.39 is 37.0 Å². The number of halogens is 3. The molecule has 2 amide bonds. The molecule has 5 nitrogen and oxygen atoms in total. The number of anilines is 1. The van der Waals surface area contributed by atoms with Crippen LogP contribution in [0.2, 0.25) is 0 Å². The molecule has 0 fully saturated rings. The Morgan fingerprint density at radius 1 is 1.42 bits per heavy atom. The zero-order valence-electron chi connectivity index (χ0n) is 12.6. The van der Waals surface area contributed by atoms with Crippen LogP contribution in [0, 0.1) is 12.3 Å². The first-order chi connectivity index (χ1) is 11.3. The van der Waals surface area contributed by atoms with Crippen LogP contribution in [0.1, 0.15) is 12.8 Å². The van der Waals surface area contributed by atoms with Gasteiger partial charge in [0.15, 0.2) is 6.61 Å². The van der Waals surface area contributed by atoms with E-state index in [-0.39, 0.29) is 13.0 Å². The Bertz CT molecular complexity index is 667. The summed E-state index contributed by atoms with van der Waals surface area (Å²) in [6.07, 6.45) is -0.881. The normalized spacial score (nSPS) is 15.1. The van der Waals surface area contributed by atoms with E-state index in [0.717, 1.165) is 0 Å². The van der Waals surface area contributed by atoms with Crippen LogP contribution in [-0.4, -0.2) is 37.2 Å². The number of terminal acetylenes is 1. The lowest BCUT2D eigenvalue weighted by atomic mass is 10.1. The minimum Gasteiger partial charge on any atom is -0.482 e. The van der Waals surface area contributed by atoms with Gasteiger partial charge in [0, 0.05) is 12.5 Å². The highest BCUT2D eigenvalue weighted by molar-refractivity contribution is 6.02. The van der Waals surface area contributed by atoms with Crippen molar-refractivity contribution in [3.8, 4) is 18.1 Å². The molecule has 0 saturated carbocycles. The van der Waals surface area contributed by atoms with Crippen molar-refractivity contribution >= 4 is 17.5 Å². The van der Waals surface area contributed by atoms with E-state index in [0.29, 0.717) is 11.4 Å². The molecule has 1 aliphatic rings. The summed E-state index contributed by atoms with van der Waals surface area (Å²) in [6.45, 7) is -0.640. The smallest absolute Gasteiger partial charge is 0.391 e. The van der Waals surface area contributed by atoms with Crippen molar-refractivity contribution in [1.29, 1.82) is 0 Å². The van der Waals surface area contributed by atoms with E-state index in [1.54, 1.807) is 24.3 Å². The van der Waals surface area contributed by atoms with Crippen LogP contribution in [0.5, 0.6) is 5.75 Å². The van der Waals surface area contributed by atoms with Gasteiger partial charge in [0.2, 0.25) is 5.91 Å². The number of carbonyl (C=O) groups excluding carboxylic acids is 2. The molecule has 0 spiro atoms. The molecule has 2 rings (SSSR count). The predicted octanol–water partition coefficient (Wildman–Crippen LogP) is 1.87. The molecule has 0 saturated heterocycles. The van der Waals surface area contributed by atoms with Crippen molar-refractivity contribution in [1.82, 2.24) is 5.32 Å². The Labute approximate surface area is 136 Å². The molecule has 1 aliphatic heterocycles. The van der Waals surface area contributed by atoms with E-state index in [2.05, 4.69) is 11.2 Å². The molecule has 1 aromatic carbocycles. The average molecular weight is 340 g/mol. The number of hydrogen-bond donors (Lipinski definition) is 1. The number of para-hydroxylation sites is 2. The van der Waals surface area contributed by atoms with Crippen molar-refractivity contribution in [2.75, 3.05) is 18.1 Å². The van der Waals surface area contributed by atoms with Crippen LogP contribution in [0.3, 0.4) is 0 Å². The van der Waals surface area contributed by atoms with E-state index in [1.165, 1.54) is 4.90 Å². The van der Waals surface area contributed by atoms with Gasteiger partial charge in [-0.3, -0.25) is 14.5 Å². The van der Waals surface area contributed by atoms with Gasteiger partial charge in [-0.05, 0) is 12.1 Å². The fourth-order valence-corrected chi connectivity index (χ4v) is 2.34. The van der Waals surface area contributed by atoms with Crippen LogP contribution >= 0.6 is 0 Å². The molecule has 0 unspecified atom stereocenters. The topological polar surface area (TPSA) is 58.6 Å². The third kappa shape index (κ3) is 4.65. The number of benzene rings is 1. The van der Waals surface area contributed by atoms with E-state index in [4.69, 9.17) is 11.2 Å². The Morgan fingerprint density at radius 2 is 2.12 bits per heavy atom. The maximum absolute atomic E-state index is 12.5. The summed E-state index contributed by atoms with van der Waals surface area (Å²) in [5.74, 6) is 1.37. The SMILES string of the molecule is C#CC[C@H](CC(F)(F)F)NC(=O)CN1C(=O)COc2ccccc21. The largest absolute Gasteiger partial charge is 0.482 e.